The van der Waals surface area contributed by atoms with E-state index in [1.807, 2.05) is 19.9 Å². The smallest absolute Gasteiger partial charge is 0.126 e. The molecular weight excluding hydrogens is 200 g/mol. The van der Waals surface area contributed by atoms with E-state index in [2.05, 4.69) is 16.4 Å². The van der Waals surface area contributed by atoms with Crippen molar-refractivity contribution in [2.24, 2.45) is 0 Å². The van der Waals surface area contributed by atoms with Crippen LogP contribution >= 0.6 is 0 Å². The molecule has 0 saturated heterocycles. The molecule has 1 aliphatic rings. The van der Waals surface area contributed by atoms with E-state index in [1.54, 1.807) is 6.92 Å². The van der Waals surface area contributed by atoms with Gasteiger partial charge in [0.15, 0.2) is 0 Å². The zero-order chi connectivity index (χ0) is 11.8. The lowest BCUT2D eigenvalue weighted by atomic mass is 9.99. The van der Waals surface area contributed by atoms with Gasteiger partial charge in [0.25, 0.3) is 0 Å². The molecule has 1 aromatic rings. The third-order valence-electron chi connectivity index (χ3n) is 3.42. The lowest BCUT2D eigenvalue weighted by molar-refractivity contribution is 0.133. The summed E-state index contributed by atoms with van der Waals surface area (Å²) >= 11 is 0. The molecule has 0 bridgehead atoms. The van der Waals surface area contributed by atoms with Crippen molar-refractivity contribution in [1.82, 2.24) is 4.98 Å². The highest BCUT2D eigenvalue weighted by Crippen LogP contribution is 2.23. The van der Waals surface area contributed by atoms with Gasteiger partial charge in [-0.1, -0.05) is 6.07 Å². The molecule has 1 unspecified atom stereocenters. The highest BCUT2D eigenvalue weighted by molar-refractivity contribution is 5.42. The maximum absolute atomic E-state index is 9.64. The number of hydrogen-bond donors (Lipinski definition) is 2. The standard InChI is InChI=1S/C13H20N2O/c1-9(16)13(2,3)15-12-8-7-10-5-4-6-11(10)14-12/h7-9,16H,4-6H2,1-3H3,(H,14,15). The fraction of sp³-hybridized carbons (Fsp3) is 0.615. The minimum atomic E-state index is -0.414. The Kier molecular flexibility index (Phi) is 2.89. The van der Waals surface area contributed by atoms with Gasteiger partial charge in [0.1, 0.15) is 5.82 Å². The highest BCUT2D eigenvalue weighted by atomic mass is 16.3. The molecule has 2 rings (SSSR count). The topological polar surface area (TPSA) is 45.1 Å². The first kappa shape index (κ1) is 11.4. The molecule has 2 N–H and O–H groups in total. The Morgan fingerprint density at radius 1 is 1.38 bits per heavy atom. The molecular formula is C13H20N2O. The molecule has 88 valence electrons. The Morgan fingerprint density at radius 2 is 2.12 bits per heavy atom. The zero-order valence-corrected chi connectivity index (χ0v) is 10.2. The Bertz CT molecular complexity index is 386. The van der Waals surface area contributed by atoms with Crippen molar-refractivity contribution in [3.63, 3.8) is 0 Å². The number of anilines is 1. The van der Waals surface area contributed by atoms with Gasteiger partial charge in [0, 0.05) is 5.69 Å². The summed E-state index contributed by atoms with van der Waals surface area (Å²) in [7, 11) is 0. The van der Waals surface area contributed by atoms with Gasteiger partial charge < -0.3 is 10.4 Å². The van der Waals surface area contributed by atoms with Gasteiger partial charge in [-0.2, -0.15) is 0 Å². The fourth-order valence-corrected chi connectivity index (χ4v) is 1.92. The van der Waals surface area contributed by atoms with Crippen LogP contribution in [0.2, 0.25) is 0 Å². The minimum absolute atomic E-state index is 0.347. The Hall–Kier alpha value is -1.09. The van der Waals surface area contributed by atoms with E-state index in [0.29, 0.717) is 0 Å². The Labute approximate surface area is 96.9 Å². The lowest BCUT2D eigenvalue weighted by Gasteiger charge is -2.30. The summed E-state index contributed by atoms with van der Waals surface area (Å²) in [6.07, 6.45) is 3.04. The quantitative estimate of drug-likeness (QED) is 0.820. The van der Waals surface area contributed by atoms with Crippen molar-refractivity contribution in [1.29, 1.82) is 0 Å². The molecule has 1 aromatic heterocycles. The number of aliphatic hydroxyl groups is 1. The van der Waals surface area contributed by atoms with Crippen LogP contribution in [0.5, 0.6) is 0 Å². The van der Waals surface area contributed by atoms with E-state index in [0.717, 1.165) is 18.7 Å². The van der Waals surface area contributed by atoms with Crippen LogP contribution in [0.25, 0.3) is 0 Å². The van der Waals surface area contributed by atoms with Gasteiger partial charge in [-0.05, 0) is 51.7 Å². The summed E-state index contributed by atoms with van der Waals surface area (Å²) in [6.45, 7) is 5.75. The number of pyridine rings is 1. The number of aliphatic hydroxyl groups excluding tert-OH is 1. The van der Waals surface area contributed by atoms with Gasteiger partial charge in [-0.15, -0.1) is 0 Å². The van der Waals surface area contributed by atoms with Gasteiger partial charge in [0.05, 0.1) is 11.6 Å². The van der Waals surface area contributed by atoms with Crippen molar-refractivity contribution in [2.45, 2.75) is 51.7 Å². The number of fused-ring (bicyclic) bond motifs is 1. The summed E-state index contributed by atoms with van der Waals surface area (Å²) in [6, 6.07) is 4.16. The van der Waals surface area contributed by atoms with Crippen LogP contribution in [0.3, 0.4) is 0 Å². The van der Waals surface area contributed by atoms with Crippen molar-refractivity contribution in [2.75, 3.05) is 5.32 Å². The van der Waals surface area contributed by atoms with Crippen LogP contribution in [0, 0.1) is 0 Å². The molecule has 16 heavy (non-hydrogen) atoms. The molecule has 0 radical (unpaired) electrons. The summed E-state index contributed by atoms with van der Waals surface area (Å²) < 4.78 is 0. The second-order valence-corrected chi connectivity index (χ2v) is 5.18. The molecule has 0 spiro atoms. The van der Waals surface area contributed by atoms with Crippen LogP contribution in [-0.4, -0.2) is 21.7 Å². The van der Waals surface area contributed by atoms with Crippen LogP contribution in [0.4, 0.5) is 5.82 Å². The summed E-state index contributed by atoms with van der Waals surface area (Å²) in [5.74, 6) is 0.867. The summed E-state index contributed by atoms with van der Waals surface area (Å²) in [5, 5.41) is 12.9. The first-order chi connectivity index (χ1) is 7.49. The molecule has 0 amide bonds. The fourth-order valence-electron chi connectivity index (χ4n) is 1.92. The van der Waals surface area contributed by atoms with Crippen LogP contribution in [-0.2, 0) is 12.8 Å². The maximum Gasteiger partial charge on any atom is 0.126 e. The molecule has 1 aliphatic carbocycles. The second-order valence-electron chi connectivity index (χ2n) is 5.18. The number of aromatic nitrogens is 1. The molecule has 1 atom stereocenters. The Balaban J connectivity index is 2.17. The number of nitrogens with zero attached hydrogens (tertiary/aromatic N) is 1. The molecule has 0 saturated carbocycles. The van der Waals surface area contributed by atoms with Crippen molar-refractivity contribution < 1.29 is 5.11 Å². The average molecular weight is 220 g/mol. The molecule has 3 nitrogen and oxygen atoms in total. The molecule has 0 fully saturated rings. The number of nitrogens with one attached hydrogen (secondary N) is 1. The summed E-state index contributed by atoms with van der Waals surface area (Å²) in [4.78, 5) is 4.60. The first-order valence-corrected chi connectivity index (χ1v) is 5.94. The third-order valence-corrected chi connectivity index (χ3v) is 3.42. The van der Waals surface area contributed by atoms with Crippen molar-refractivity contribution in [3.8, 4) is 0 Å². The molecule has 0 aliphatic heterocycles. The number of hydrogen-bond acceptors (Lipinski definition) is 3. The second kappa shape index (κ2) is 4.06. The largest absolute Gasteiger partial charge is 0.391 e. The average Bonchev–Trinajstić information content (AvgIpc) is 2.63. The maximum atomic E-state index is 9.64. The van der Waals surface area contributed by atoms with E-state index in [9.17, 15) is 5.11 Å². The van der Waals surface area contributed by atoms with Gasteiger partial charge in [-0.25, -0.2) is 4.98 Å². The third kappa shape index (κ3) is 2.19. The van der Waals surface area contributed by atoms with Gasteiger partial charge in [0.2, 0.25) is 0 Å². The van der Waals surface area contributed by atoms with Gasteiger partial charge in [-0.3, -0.25) is 0 Å². The van der Waals surface area contributed by atoms with E-state index >= 15 is 0 Å². The number of aryl methyl sites for hydroxylation is 2. The predicted octanol–water partition coefficient (Wildman–Crippen LogP) is 2.14. The van der Waals surface area contributed by atoms with E-state index in [4.69, 9.17) is 0 Å². The van der Waals surface area contributed by atoms with Crippen LogP contribution in [0.1, 0.15) is 38.4 Å². The van der Waals surface area contributed by atoms with Crippen molar-refractivity contribution >= 4 is 5.82 Å². The molecule has 1 heterocycles. The normalized spacial score (nSPS) is 17.0. The lowest BCUT2D eigenvalue weighted by Crippen LogP contribution is -2.42. The Morgan fingerprint density at radius 3 is 2.81 bits per heavy atom. The summed E-state index contributed by atoms with van der Waals surface area (Å²) in [5.41, 5.74) is 2.24. The van der Waals surface area contributed by atoms with E-state index in [-0.39, 0.29) is 5.54 Å². The molecule has 0 aromatic carbocycles. The van der Waals surface area contributed by atoms with Gasteiger partial charge >= 0.3 is 0 Å². The first-order valence-electron chi connectivity index (χ1n) is 5.94. The monoisotopic (exact) mass is 220 g/mol. The zero-order valence-electron chi connectivity index (χ0n) is 10.2. The highest BCUT2D eigenvalue weighted by Gasteiger charge is 2.24. The predicted molar refractivity (Wildman–Crippen MR) is 65.6 cm³/mol. The minimum Gasteiger partial charge on any atom is -0.391 e. The molecule has 3 heteroatoms. The van der Waals surface area contributed by atoms with E-state index < -0.39 is 6.10 Å². The van der Waals surface area contributed by atoms with E-state index in [1.165, 1.54) is 17.7 Å². The van der Waals surface area contributed by atoms with Crippen molar-refractivity contribution in [3.05, 3.63) is 23.4 Å². The van der Waals surface area contributed by atoms with Crippen LogP contribution in [0.15, 0.2) is 12.1 Å². The van der Waals surface area contributed by atoms with Crippen LogP contribution < -0.4 is 5.32 Å². The number of rotatable bonds is 3. The SMILES string of the molecule is CC(O)C(C)(C)Nc1ccc2c(n1)CCC2.